The average Bonchev–Trinajstić information content (AvgIpc) is 2.51. The zero-order valence-electron chi connectivity index (χ0n) is 12.9. The first-order chi connectivity index (χ1) is 10.1. The molecule has 22 heavy (non-hydrogen) atoms. The van der Waals surface area contributed by atoms with E-state index in [1.807, 2.05) is 24.3 Å². The van der Waals surface area contributed by atoms with Crippen molar-refractivity contribution in [3.8, 4) is 0 Å². The van der Waals surface area contributed by atoms with Crippen molar-refractivity contribution in [2.45, 2.75) is 13.3 Å². The SMILES string of the molecule is CCOC(=O)C(=[N-])C1=[C-]CSCC1.[CH2-]c1ccccc1Cl.[Li+]. The molecule has 0 aromatic heterocycles. The number of nitrogens with zero attached hydrogens (tertiary/aromatic N) is 1. The number of carbonyl (C=O) groups excluding carboxylic acids is 1. The van der Waals surface area contributed by atoms with Gasteiger partial charge in [-0.15, -0.1) is 12.1 Å². The molecule has 0 unspecified atom stereocenters. The van der Waals surface area contributed by atoms with Crippen molar-refractivity contribution < 1.29 is 28.4 Å². The zero-order chi connectivity index (χ0) is 15.7. The summed E-state index contributed by atoms with van der Waals surface area (Å²) in [6, 6.07) is 7.50. The van der Waals surface area contributed by atoms with Crippen molar-refractivity contribution in [3.63, 3.8) is 0 Å². The van der Waals surface area contributed by atoms with Crippen LogP contribution in [0.4, 0.5) is 0 Å². The second kappa shape index (κ2) is 11.7. The number of halogens is 1. The summed E-state index contributed by atoms with van der Waals surface area (Å²) >= 11 is 7.38. The molecule has 0 saturated heterocycles. The number of thioether (sulfide) groups is 1. The van der Waals surface area contributed by atoms with E-state index in [-0.39, 0.29) is 31.2 Å². The van der Waals surface area contributed by atoms with Gasteiger partial charge in [0.2, 0.25) is 5.97 Å². The fraction of sp³-hybridized carbons (Fsp3) is 0.312. The first-order valence-electron chi connectivity index (χ1n) is 6.53. The molecule has 0 fully saturated rings. The summed E-state index contributed by atoms with van der Waals surface area (Å²) in [7, 11) is 0. The molecule has 0 atom stereocenters. The maximum atomic E-state index is 11.1. The second-order valence-electron chi connectivity index (χ2n) is 4.12. The second-order valence-corrected chi connectivity index (χ2v) is 5.63. The molecule has 1 aliphatic heterocycles. The van der Waals surface area contributed by atoms with Gasteiger partial charge in [-0.1, -0.05) is 23.3 Å². The molecule has 1 aromatic rings. The molecule has 0 spiro atoms. The van der Waals surface area contributed by atoms with E-state index in [1.54, 1.807) is 18.7 Å². The predicted octanol–water partition coefficient (Wildman–Crippen LogP) is 0.953. The first-order valence-corrected chi connectivity index (χ1v) is 8.06. The molecule has 1 heterocycles. The van der Waals surface area contributed by atoms with E-state index in [2.05, 4.69) is 17.7 Å². The van der Waals surface area contributed by atoms with Crippen LogP contribution in [-0.2, 0) is 9.53 Å². The zero-order valence-corrected chi connectivity index (χ0v) is 14.5. The maximum absolute atomic E-state index is 11.1. The van der Waals surface area contributed by atoms with E-state index in [1.165, 1.54) is 0 Å². The molecule has 6 heteroatoms. The molecule has 114 valence electrons. The molecule has 2 rings (SSSR count). The van der Waals surface area contributed by atoms with Gasteiger partial charge >= 0.3 is 18.9 Å². The summed E-state index contributed by atoms with van der Waals surface area (Å²) in [6.07, 6.45) is 3.64. The van der Waals surface area contributed by atoms with E-state index in [9.17, 15) is 10.2 Å². The molecular formula is C16H17ClLiNO2S-2. The number of ether oxygens (including phenoxy) is 1. The average molecular weight is 330 g/mol. The fourth-order valence-electron chi connectivity index (χ4n) is 1.50. The van der Waals surface area contributed by atoms with Gasteiger partial charge in [0.25, 0.3) is 0 Å². The molecule has 0 bridgehead atoms. The number of benzene rings is 1. The molecule has 0 radical (unpaired) electrons. The summed E-state index contributed by atoms with van der Waals surface area (Å²) in [5.41, 5.74) is 1.20. The Morgan fingerprint density at radius 1 is 1.50 bits per heavy atom. The topological polar surface area (TPSA) is 48.6 Å². The Hall–Kier alpha value is -0.793. The Morgan fingerprint density at radius 2 is 2.18 bits per heavy atom. The Balaban J connectivity index is 0.000000423. The summed E-state index contributed by atoms with van der Waals surface area (Å²) in [6.45, 7) is 5.68. The van der Waals surface area contributed by atoms with Crippen LogP contribution in [0.3, 0.4) is 0 Å². The van der Waals surface area contributed by atoms with Gasteiger partial charge in [0.1, 0.15) is 0 Å². The molecule has 0 N–H and O–H groups in total. The van der Waals surface area contributed by atoms with Crippen LogP contribution in [0.2, 0.25) is 5.02 Å². The predicted molar refractivity (Wildman–Crippen MR) is 89.6 cm³/mol. The smallest absolute Gasteiger partial charge is 0.899 e. The van der Waals surface area contributed by atoms with Crippen LogP contribution in [0.25, 0.3) is 5.41 Å². The number of rotatable bonds is 3. The molecular weight excluding hydrogens is 313 g/mol. The van der Waals surface area contributed by atoms with Gasteiger partial charge in [-0.05, 0) is 12.7 Å². The number of carbonyl (C=O) groups is 1. The van der Waals surface area contributed by atoms with Crippen molar-refractivity contribution in [1.82, 2.24) is 0 Å². The van der Waals surface area contributed by atoms with Crippen LogP contribution in [0, 0.1) is 13.0 Å². The Labute approximate surface area is 153 Å². The van der Waals surface area contributed by atoms with Crippen molar-refractivity contribution in [3.05, 3.63) is 58.8 Å². The number of hydrogen-bond donors (Lipinski definition) is 0. The van der Waals surface area contributed by atoms with Crippen molar-refractivity contribution in [2.75, 3.05) is 18.1 Å². The minimum atomic E-state index is -0.642. The van der Waals surface area contributed by atoms with Crippen molar-refractivity contribution >= 4 is 35.0 Å². The Bertz CT molecular complexity index is 514. The van der Waals surface area contributed by atoms with Crippen molar-refractivity contribution in [1.29, 1.82) is 0 Å². The molecule has 3 nitrogen and oxygen atoms in total. The molecule has 1 aromatic carbocycles. The summed E-state index contributed by atoms with van der Waals surface area (Å²) in [5.74, 6) is 1.02. The minimum Gasteiger partial charge on any atom is -0.899 e. The largest absolute Gasteiger partial charge is 1.00 e. The number of esters is 1. The van der Waals surface area contributed by atoms with Gasteiger partial charge in [0.15, 0.2) is 0 Å². The standard InChI is InChI=1S/C9H11NO2S.C7H6Cl.Li/c1-2-12-9(11)8(10)7-3-5-13-6-4-7;1-6-4-2-3-5-7(6)8;/h2-3,5-6H2,1H3;2-5H,1H2;/q-2;-1;+1. The molecule has 1 aliphatic rings. The van der Waals surface area contributed by atoms with Gasteiger partial charge in [0.05, 0.1) is 6.61 Å². The Kier molecular flexibility index (Phi) is 11.3. The Morgan fingerprint density at radius 3 is 2.64 bits per heavy atom. The molecule has 0 aliphatic carbocycles. The van der Waals surface area contributed by atoms with Gasteiger partial charge in [0, 0.05) is 0 Å². The minimum absolute atomic E-state index is 0. The van der Waals surface area contributed by atoms with Crippen LogP contribution in [0.5, 0.6) is 0 Å². The third-order valence-electron chi connectivity index (χ3n) is 2.60. The van der Waals surface area contributed by atoms with E-state index >= 15 is 0 Å². The summed E-state index contributed by atoms with van der Waals surface area (Å²) in [4.78, 5) is 11.1. The van der Waals surface area contributed by atoms with Gasteiger partial charge in [-0.25, -0.2) is 11.3 Å². The van der Waals surface area contributed by atoms with Crippen LogP contribution < -0.4 is 18.9 Å². The van der Waals surface area contributed by atoms with Gasteiger partial charge in [-0.3, -0.25) is 10.9 Å². The third-order valence-corrected chi connectivity index (χ3v) is 3.81. The third kappa shape index (κ3) is 7.46. The van der Waals surface area contributed by atoms with Crippen molar-refractivity contribution in [2.24, 2.45) is 0 Å². The maximum Gasteiger partial charge on any atom is 1.00 e. The fourth-order valence-corrected chi connectivity index (χ4v) is 2.40. The van der Waals surface area contributed by atoms with Crippen LogP contribution >= 0.6 is 23.4 Å². The van der Waals surface area contributed by atoms with E-state index < -0.39 is 5.97 Å². The summed E-state index contributed by atoms with van der Waals surface area (Å²) in [5, 5.41) is 10.1. The van der Waals surface area contributed by atoms with Crippen LogP contribution in [0.15, 0.2) is 29.8 Å². The first kappa shape index (κ1) is 21.2. The number of hydrogen-bond acceptors (Lipinski definition) is 3. The quantitative estimate of drug-likeness (QED) is 0.359. The van der Waals surface area contributed by atoms with Gasteiger partial charge < -0.3 is 10.1 Å². The van der Waals surface area contributed by atoms with E-state index in [4.69, 9.17) is 11.6 Å². The molecule has 0 saturated carbocycles. The normalized spacial score (nSPS) is 12.9. The van der Waals surface area contributed by atoms with Crippen LogP contribution in [0.1, 0.15) is 18.9 Å². The van der Waals surface area contributed by atoms with E-state index in [0.29, 0.717) is 12.0 Å². The van der Waals surface area contributed by atoms with Gasteiger partial charge in [-0.2, -0.15) is 41.9 Å². The monoisotopic (exact) mass is 329 g/mol. The molecule has 0 amide bonds. The van der Waals surface area contributed by atoms with Crippen LogP contribution in [-0.4, -0.2) is 29.8 Å². The summed E-state index contributed by atoms with van der Waals surface area (Å²) < 4.78 is 4.66. The van der Waals surface area contributed by atoms with E-state index in [0.717, 1.165) is 22.1 Å².